The standard InChI is InChI=1S/C15H22N2O3/c1-17-6-5-13-9-12(3-4-14(13)17)10-16-15(18)11-20-8-7-19-2/h3-4,9H,5-8,10-11H2,1-2H3,(H,16,18). The van der Waals surface area contributed by atoms with Crippen LogP contribution in [0.1, 0.15) is 11.1 Å². The molecular weight excluding hydrogens is 256 g/mol. The van der Waals surface area contributed by atoms with E-state index in [-0.39, 0.29) is 12.5 Å². The van der Waals surface area contributed by atoms with Gasteiger partial charge in [-0.2, -0.15) is 0 Å². The molecule has 0 atom stereocenters. The van der Waals surface area contributed by atoms with Gasteiger partial charge >= 0.3 is 0 Å². The normalized spacial score (nSPS) is 13.4. The molecule has 5 nitrogen and oxygen atoms in total. The van der Waals surface area contributed by atoms with Gasteiger partial charge < -0.3 is 19.7 Å². The van der Waals surface area contributed by atoms with E-state index in [1.54, 1.807) is 7.11 Å². The number of hydrogen-bond donors (Lipinski definition) is 1. The van der Waals surface area contributed by atoms with Crippen LogP contribution in [0.5, 0.6) is 0 Å². The van der Waals surface area contributed by atoms with E-state index in [1.807, 2.05) is 0 Å². The first kappa shape index (κ1) is 14.8. The van der Waals surface area contributed by atoms with Gasteiger partial charge in [-0.15, -0.1) is 0 Å². The molecule has 1 heterocycles. The first-order valence-electron chi connectivity index (χ1n) is 6.87. The summed E-state index contributed by atoms with van der Waals surface area (Å²) in [6.07, 6.45) is 1.08. The number of carbonyl (C=O) groups is 1. The molecule has 1 aromatic carbocycles. The van der Waals surface area contributed by atoms with Crippen molar-refractivity contribution in [1.82, 2.24) is 5.32 Å². The van der Waals surface area contributed by atoms with Gasteiger partial charge in [0, 0.05) is 32.9 Å². The highest BCUT2D eigenvalue weighted by atomic mass is 16.5. The average molecular weight is 278 g/mol. The number of likely N-dealkylation sites (N-methyl/N-ethyl adjacent to an activating group) is 1. The maximum atomic E-state index is 11.6. The van der Waals surface area contributed by atoms with E-state index in [0.717, 1.165) is 18.5 Å². The van der Waals surface area contributed by atoms with Crippen molar-refractivity contribution < 1.29 is 14.3 Å². The van der Waals surface area contributed by atoms with Crippen molar-refractivity contribution in [2.45, 2.75) is 13.0 Å². The van der Waals surface area contributed by atoms with Crippen LogP contribution >= 0.6 is 0 Å². The van der Waals surface area contributed by atoms with E-state index in [4.69, 9.17) is 9.47 Å². The lowest BCUT2D eigenvalue weighted by Crippen LogP contribution is -2.27. The van der Waals surface area contributed by atoms with Crippen LogP contribution in [0.4, 0.5) is 5.69 Å². The number of anilines is 1. The summed E-state index contributed by atoms with van der Waals surface area (Å²) in [6, 6.07) is 6.36. The zero-order chi connectivity index (χ0) is 14.4. The van der Waals surface area contributed by atoms with Crippen LogP contribution in [0.25, 0.3) is 0 Å². The van der Waals surface area contributed by atoms with E-state index in [9.17, 15) is 4.79 Å². The molecule has 0 spiro atoms. The number of hydrogen-bond acceptors (Lipinski definition) is 4. The van der Waals surface area contributed by atoms with E-state index >= 15 is 0 Å². The molecule has 1 aliphatic rings. The van der Waals surface area contributed by atoms with E-state index in [1.165, 1.54) is 11.3 Å². The first-order chi connectivity index (χ1) is 9.70. The molecule has 1 N–H and O–H groups in total. The Labute approximate surface area is 119 Å². The van der Waals surface area contributed by atoms with Crippen molar-refractivity contribution in [3.05, 3.63) is 29.3 Å². The maximum Gasteiger partial charge on any atom is 0.246 e. The summed E-state index contributed by atoms with van der Waals surface area (Å²) in [5, 5.41) is 2.86. The summed E-state index contributed by atoms with van der Waals surface area (Å²) < 4.78 is 10.0. The summed E-state index contributed by atoms with van der Waals surface area (Å²) >= 11 is 0. The van der Waals surface area contributed by atoms with Crippen LogP contribution in [0.15, 0.2) is 18.2 Å². The topological polar surface area (TPSA) is 50.8 Å². The Hall–Kier alpha value is -1.59. The number of amides is 1. The quantitative estimate of drug-likeness (QED) is 0.755. The highest BCUT2D eigenvalue weighted by Gasteiger charge is 2.15. The van der Waals surface area contributed by atoms with E-state index < -0.39 is 0 Å². The fraction of sp³-hybridized carbons (Fsp3) is 0.533. The number of benzene rings is 1. The van der Waals surface area contributed by atoms with Crippen molar-refractivity contribution >= 4 is 11.6 Å². The Kier molecular flexibility index (Phi) is 5.38. The van der Waals surface area contributed by atoms with Crippen LogP contribution in [0.3, 0.4) is 0 Å². The summed E-state index contributed by atoms with van der Waals surface area (Å²) in [6.45, 7) is 2.64. The van der Waals surface area contributed by atoms with Crippen molar-refractivity contribution in [2.75, 3.05) is 45.4 Å². The SMILES string of the molecule is COCCOCC(=O)NCc1ccc2c(c1)CCN2C. The third kappa shape index (κ3) is 3.95. The molecule has 5 heteroatoms. The number of carbonyl (C=O) groups excluding carboxylic acids is 1. The minimum absolute atomic E-state index is 0.0804. The van der Waals surface area contributed by atoms with Crippen LogP contribution in [-0.2, 0) is 27.2 Å². The number of methoxy groups -OCH3 is 1. The van der Waals surface area contributed by atoms with Gasteiger partial charge in [0.15, 0.2) is 0 Å². The van der Waals surface area contributed by atoms with Gasteiger partial charge in [-0.05, 0) is 23.6 Å². The predicted octanol–water partition coefficient (Wildman–Crippen LogP) is 0.958. The van der Waals surface area contributed by atoms with Gasteiger partial charge in [0.1, 0.15) is 6.61 Å². The number of nitrogens with zero attached hydrogens (tertiary/aromatic N) is 1. The monoisotopic (exact) mass is 278 g/mol. The summed E-state index contributed by atoms with van der Waals surface area (Å²) in [4.78, 5) is 13.8. The van der Waals surface area contributed by atoms with E-state index in [2.05, 4.69) is 35.5 Å². The van der Waals surface area contributed by atoms with Crippen molar-refractivity contribution in [1.29, 1.82) is 0 Å². The molecule has 20 heavy (non-hydrogen) atoms. The lowest BCUT2D eigenvalue weighted by molar-refractivity contribution is -0.126. The van der Waals surface area contributed by atoms with Crippen molar-refractivity contribution in [3.8, 4) is 0 Å². The minimum atomic E-state index is -0.0984. The Bertz CT molecular complexity index is 462. The van der Waals surface area contributed by atoms with Crippen LogP contribution in [-0.4, -0.2) is 46.4 Å². The number of ether oxygens (including phenoxy) is 2. The molecular formula is C15H22N2O3. The molecule has 0 bridgehead atoms. The fourth-order valence-corrected chi connectivity index (χ4v) is 2.29. The smallest absolute Gasteiger partial charge is 0.246 e. The first-order valence-corrected chi connectivity index (χ1v) is 6.87. The van der Waals surface area contributed by atoms with Crippen molar-refractivity contribution in [3.63, 3.8) is 0 Å². The molecule has 0 aliphatic carbocycles. The summed E-state index contributed by atoms with van der Waals surface area (Å²) in [5.74, 6) is -0.0984. The summed E-state index contributed by atoms with van der Waals surface area (Å²) in [7, 11) is 3.71. The number of nitrogens with one attached hydrogen (secondary N) is 1. The highest BCUT2D eigenvalue weighted by molar-refractivity contribution is 5.77. The zero-order valence-corrected chi connectivity index (χ0v) is 12.1. The molecule has 0 unspecified atom stereocenters. The second kappa shape index (κ2) is 7.26. The molecule has 0 aromatic heterocycles. The van der Waals surface area contributed by atoms with Gasteiger partial charge in [0.25, 0.3) is 0 Å². The Morgan fingerprint density at radius 3 is 3.05 bits per heavy atom. The Morgan fingerprint density at radius 1 is 1.40 bits per heavy atom. The molecule has 1 aromatic rings. The van der Waals surface area contributed by atoms with Gasteiger partial charge in [0.05, 0.1) is 13.2 Å². The largest absolute Gasteiger partial charge is 0.382 e. The lowest BCUT2D eigenvalue weighted by Gasteiger charge is -2.12. The van der Waals surface area contributed by atoms with Crippen LogP contribution in [0, 0.1) is 0 Å². The minimum Gasteiger partial charge on any atom is -0.382 e. The maximum absolute atomic E-state index is 11.6. The summed E-state index contributed by atoms with van der Waals surface area (Å²) in [5.41, 5.74) is 3.78. The van der Waals surface area contributed by atoms with Crippen LogP contribution in [0.2, 0.25) is 0 Å². The van der Waals surface area contributed by atoms with Gasteiger partial charge in [0.2, 0.25) is 5.91 Å². The molecule has 0 saturated carbocycles. The van der Waals surface area contributed by atoms with Gasteiger partial charge in [-0.3, -0.25) is 4.79 Å². The average Bonchev–Trinajstić information content (AvgIpc) is 2.82. The third-order valence-corrected chi connectivity index (χ3v) is 3.43. The van der Waals surface area contributed by atoms with Gasteiger partial charge in [-0.1, -0.05) is 12.1 Å². The lowest BCUT2D eigenvalue weighted by atomic mass is 10.1. The molecule has 0 fully saturated rings. The number of fused-ring (bicyclic) bond motifs is 1. The zero-order valence-electron chi connectivity index (χ0n) is 12.1. The third-order valence-electron chi connectivity index (χ3n) is 3.43. The Balaban J connectivity index is 1.75. The predicted molar refractivity (Wildman–Crippen MR) is 78.0 cm³/mol. The molecule has 2 rings (SSSR count). The van der Waals surface area contributed by atoms with Crippen molar-refractivity contribution in [2.24, 2.45) is 0 Å². The molecule has 1 amide bonds. The molecule has 0 saturated heterocycles. The van der Waals surface area contributed by atoms with E-state index in [0.29, 0.717) is 19.8 Å². The van der Waals surface area contributed by atoms with Gasteiger partial charge in [-0.25, -0.2) is 0 Å². The fourth-order valence-electron chi connectivity index (χ4n) is 2.29. The molecule has 0 radical (unpaired) electrons. The number of rotatable bonds is 7. The highest BCUT2D eigenvalue weighted by Crippen LogP contribution is 2.27. The van der Waals surface area contributed by atoms with Crippen LogP contribution < -0.4 is 10.2 Å². The molecule has 1 aliphatic heterocycles. The second-order valence-electron chi connectivity index (χ2n) is 4.96. The Morgan fingerprint density at radius 2 is 2.25 bits per heavy atom. The molecule has 110 valence electrons. The second-order valence-corrected chi connectivity index (χ2v) is 4.96.